The summed E-state index contributed by atoms with van der Waals surface area (Å²) >= 11 is 0. The van der Waals surface area contributed by atoms with E-state index in [1.807, 2.05) is 35.2 Å². The Bertz CT molecular complexity index is 286. The van der Waals surface area contributed by atoms with Gasteiger partial charge in [0.15, 0.2) is 0 Å². The van der Waals surface area contributed by atoms with E-state index in [4.69, 9.17) is 10.2 Å². The minimum atomic E-state index is -0.0586. The molecular weight excluding hydrogens is 218 g/mol. The average molecular weight is 239 g/mol. The number of aliphatic hydroxyl groups excluding tert-OH is 3. The van der Waals surface area contributed by atoms with Crippen molar-refractivity contribution in [1.29, 1.82) is 0 Å². The Labute approximate surface area is 102 Å². The lowest BCUT2D eigenvalue weighted by atomic mass is 10.1. The molecule has 0 bridgehead atoms. The maximum Gasteiger partial charge on any atom is 0.0590 e. The molecule has 3 N–H and O–H groups in total. The summed E-state index contributed by atoms with van der Waals surface area (Å²) in [4.78, 5) is 1.91. The zero-order valence-corrected chi connectivity index (χ0v) is 10.00. The predicted octanol–water partition coefficient (Wildman–Crippen LogP) is -0.123. The van der Waals surface area contributed by atoms with Gasteiger partial charge in [-0.05, 0) is 12.0 Å². The highest BCUT2D eigenvalue weighted by atomic mass is 16.3. The third-order valence-electron chi connectivity index (χ3n) is 2.82. The Morgan fingerprint density at radius 1 is 0.941 bits per heavy atom. The minimum Gasteiger partial charge on any atom is -0.395 e. The van der Waals surface area contributed by atoms with Crippen LogP contribution in [0.3, 0.4) is 0 Å². The molecule has 0 aliphatic carbocycles. The molecule has 1 rings (SSSR count). The summed E-state index contributed by atoms with van der Waals surface area (Å²) in [7, 11) is 0. The fraction of sp³-hybridized carbons (Fsp3) is 0.538. The van der Waals surface area contributed by atoms with Gasteiger partial charge in [0.1, 0.15) is 0 Å². The summed E-state index contributed by atoms with van der Waals surface area (Å²) in [5, 5.41) is 27.3. The molecule has 1 atom stereocenters. The monoisotopic (exact) mass is 239 g/mol. The van der Waals surface area contributed by atoms with Gasteiger partial charge in [-0.15, -0.1) is 0 Å². The van der Waals surface area contributed by atoms with Gasteiger partial charge in [-0.1, -0.05) is 30.3 Å². The smallest absolute Gasteiger partial charge is 0.0590 e. The number of benzene rings is 1. The van der Waals surface area contributed by atoms with Crippen LogP contribution in [0.2, 0.25) is 0 Å². The van der Waals surface area contributed by atoms with Gasteiger partial charge in [-0.3, -0.25) is 4.90 Å². The van der Waals surface area contributed by atoms with Crippen molar-refractivity contribution in [3.05, 3.63) is 35.9 Å². The van der Waals surface area contributed by atoms with Gasteiger partial charge >= 0.3 is 0 Å². The van der Waals surface area contributed by atoms with Crippen LogP contribution in [-0.4, -0.2) is 59.2 Å². The maximum atomic E-state index is 9.41. The lowest BCUT2D eigenvalue weighted by Gasteiger charge is -2.29. The van der Waals surface area contributed by atoms with Crippen molar-refractivity contribution >= 4 is 0 Å². The van der Waals surface area contributed by atoms with Gasteiger partial charge in [-0.25, -0.2) is 0 Å². The first kappa shape index (κ1) is 14.1. The molecule has 0 saturated carbocycles. The fourth-order valence-electron chi connectivity index (χ4n) is 1.93. The van der Waals surface area contributed by atoms with Crippen LogP contribution in [0.4, 0.5) is 0 Å². The Morgan fingerprint density at radius 3 is 2.00 bits per heavy atom. The summed E-state index contributed by atoms with van der Waals surface area (Å²) < 4.78 is 0. The van der Waals surface area contributed by atoms with Gasteiger partial charge in [-0.2, -0.15) is 0 Å². The molecule has 1 aromatic rings. The van der Waals surface area contributed by atoms with Crippen molar-refractivity contribution in [3.63, 3.8) is 0 Å². The van der Waals surface area contributed by atoms with Crippen LogP contribution in [0, 0.1) is 0 Å². The molecular formula is C13H21NO3. The Kier molecular flexibility index (Phi) is 6.81. The molecule has 0 heterocycles. The van der Waals surface area contributed by atoms with E-state index in [1.165, 1.54) is 0 Å². The largest absolute Gasteiger partial charge is 0.395 e. The third kappa shape index (κ3) is 4.83. The van der Waals surface area contributed by atoms with Gasteiger partial charge in [0.05, 0.1) is 19.8 Å². The molecule has 96 valence electrons. The number of aliphatic hydroxyl groups is 3. The molecule has 0 spiro atoms. The second kappa shape index (κ2) is 8.20. The molecule has 0 amide bonds. The number of nitrogens with zero attached hydrogens (tertiary/aromatic N) is 1. The van der Waals surface area contributed by atoms with E-state index in [-0.39, 0.29) is 25.9 Å². The first-order valence-corrected chi connectivity index (χ1v) is 5.92. The highest BCUT2D eigenvalue weighted by Crippen LogP contribution is 2.08. The van der Waals surface area contributed by atoms with Crippen molar-refractivity contribution < 1.29 is 15.3 Å². The number of rotatable bonds is 8. The topological polar surface area (TPSA) is 63.9 Å². The number of hydrogen-bond acceptors (Lipinski definition) is 4. The van der Waals surface area contributed by atoms with E-state index < -0.39 is 0 Å². The number of hydrogen-bond donors (Lipinski definition) is 3. The van der Waals surface area contributed by atoms with Crippen LogP contribution in [-0.2, 0) is 6.42 Å². The van der Waals surface area contributed by atoms with Crippen LogP contribution in [0.25, 0.3) is 0 Å². The van der Waals surface area contributed by atoms with Crippen LogP contribution in [0.1, 0.15) is 5.56 Å². The van der Waals surface area contributed by atoms with E-state index in [1.54, 1.807) is 0 Å². The molecule has 17 heavy (non-hydrogen) atoms. The van der Waals surface area contributed by atoms with Gasteiger partial charge < -0.3 is 15.3 Å². The predicted molar refractivity (Wildman–Crippen MR) is 66.8 cm³/mol. The first-order valence-electron chi connectivity index (χ1n) is 5.92. The molecule has 1 unspecified atom stereocenters. The van der Waals surface area contributed by atoms with Gasteiger partial charge in [0, 0.05) is 19.1 Å². The molecule has 0 radical (unpaired) electrons. The quantitative estimate of drug-likeness (QED) is 0.591. The summed E-state index contributed by atoms with van der Waals surface area (Å²) in [5.41, 5.74) is 1.15. The minimum absolute atomic E-state index is 0.0227. The molecule has 4 nitrogen and oxygen atoms in total. The van der Waals surface area contributed by atoms with Crippen LogP contribution in [0.5, 0.6) is 0 Å². The zero-order valence-electron chi connectivity index (χ0n) is 10.00. The van der Waals surface area contributed by atoms with E-state index in [0.29, 0.717) is 13.1 Å². The second-order valence-corrected chi connectivity index (χ2v) is 4.01. The SMILES string of the molecule is OCCN(CCO)C(CO)Cc1ccccc1. The molecule has 0 aliphatic rings. The van der Waals surface area contributed by atoms with Crippen molar-refractivity contribution in [2.75, 3.05) is 32.9 Å². The Morgan fingerprint density at radius 2 is 1.53 bits per heavy atom. The van der Waals surface area contributed by atoms with Crippen molar-refractivity contribution in [3.8, 4) is 0 Å². The third-order valence-corrected chi connectivity index (χ3v) is 2.82. The molecule has 0 saturated heterocycles. The summed E-state index contributed by atoms with van der Waals surface area (Å²) in [6.07, 6.45) is 0.720. The maximum absolute atomic E-state index is 9.41. The van der Waals surface area contributed by atoms with Crippen molar-refractivity contribution in [2.24, 2.45) is 0 Å². The fourth-order valence-corrected chi connectivity index (χ4v) is 1.93. The normalized spacial score (nSPS) is 12.9. The van der Waals surface area contributed by atoms with Crippen LogP contribution >= 0.6 is 0 Å². The van der Waals surface area contributed by atoms with Crippen LogP contribution in [0.15, 0.2) is 30.3 Å². The van der Waals surface area contributed by atoms with Crippen molar-refractivity contribution in [2.45, 2.75) is 12.5 Å². The summed E-state index contributed by atoms with van der Waals surface area (Å²) in [6, 6.07) is 9.85. The van der Waals surface area contributed by atoms with E-state index in [2.05, 4.69) is 0 Å². The van der Waals surface area contributed by atoms with Gasteiger partial charge in [0.2, 0.25) is 0 Å². The second-order valence-electron chi connectivity index (χ2n) is 4.01. The summed E-state index contributed by atoms with van der Waals surface area (Å²) in [5.74, 6) is 0. The van der Waals surface area contributed by atoms with Gasteiger partial charge in [0.25, 0.3) is 0 Å². The van der Waals surface area contributed by atoms with E-state index >= 15 is 0 Å². The molecule has 0 fully saturated rings. The molecule has 1 aromatic carbocycles. The van der Waals surface area contributed by atoms with Crippen LogP contribution < -0.4 is 0 Å². The summed E-state index contributed by atoms with van der Waals surface area (Å²) in [6.45, 7) is 1.03. The lowest BCUT2D eigenvalue weighted by Crippen LogP contribution is -2.42. The van der Waals surface area contributed by atoms with E-state index in [0.717, 1.165) is 12.0 Å². The van der Waals surface area contributed by atoms with Crippen molar-refractivity contribution in [1.82, 2.24) is 4.90 Å². The van der Waals surface area contributed by atoms with E-state index in [9.17, 15) is 5.11 Å². The highest BCUT2D eigenvalue weighted by Gasteiger charge is 2.17. The molecule has 0 aliphatic heterocycles. The lowest BCUT2D eigenvalue weighted by molar-refractivity contribution is 0.0840. The molecule has 0 aromatic heterocycles. The zero-order chi connectivity index (χ0) is 12.5. The standard InChI is InChI=1S/C13H21NO3/c15-8-6-14(7-9-16)13(11-17)10-12-4-2-1-3-5-12/h1-5,13,15-17H,6-11H2. The molecule has 4 heteroatoms. The first-order chi connectivity index (χ1) is 8.31. The Balaban J connectivity index is 2.61. The Hall–Kier alpha value is -0.940. The average Bonchev–Trinajstić information content (AvgIpc) is 2.37. The highest BCUT2D eigenvalue weighted by molar-refractivity contribution is 5.15.